The second-order valence-corrected chi connectivity index (χ2v) is 5.77. The standard InChI is InChI=1S/C16H25FN2O3/c1-10(2)14(7-8-20)18-16(21)19-15-6-5-12(9-13(15)17)22-11(3)4/h5-6,9-11,14,20H,7-8H2,1-4H3,(H2,18,19,21). The van der Waals surface area contributed by atoms with Crippen LogP contribution in [0.15, 0.2) is 18.2 Å². The van der Waals surface area contributed by atoms with E-state index in [-0.39, 0.29) is 30.4 Å². The molecule has 124 valence electrons. The Morgan fingerprint density at radius 2 is 2.00 bits per heavy atom. The first-order valence-electron chi connectivity index (χ1n) is 7.48. The number of carbonyl (C=O) groups is 1. The van der Waals surface area contributed by atoms with Gasteiger partial charge in [-0.1, -0.05) is 13.8 Å². The molecule has 0 aliphatic heterocycles. The molecule has 22 heavy (non-hydrogen) atoms. The van der Waals surface area contributed by atoms with Crippen molar-refractivity contribution in [2.24, 2.45) is 5.92 Å². The molecule has 1 aromatic rings. The molecule has 2 amide bonds. The molecule has 0 aliphatic rings. The minimum absolute atomic E-state index is 0.0152. The lowest BCUT2D eigenvalue weighted by Gasteiger charge is -2.21. The van der Waals surface area contributed by atoms with Crippen LogP contribution in [0.4, 0.5) is 14.9 Å². The minimum Gasteiger partial charge on any atom is -0.491 e. The minimum atomic E-state index is -0.559. The predicted molar refractivity (Wildman–Crippen MR) is 84.6 cm³/mol. The van der Waals surface area contributed by atoms with Gasteiger partial charge in [0.05, 0.1) is 11.8 Å². The Balaban J connectivity index is 2.67. The number of aliphatic hydroxyl groups is 1. The van der Waals surface area contributed by atoms with E-state index in [0.29, 0.717) is 12.2 Å². The lowest BCUT2D eigenvalue weighted by Crippen LogP contribution is -2.41. The molecule has 1 unspecified atom stereocenters. The van der Waals surface area contributed by atoms with Crippen molar-refractivity contribution in [2.75, 3.05) is 11.9 Å². The van der Waals surface area contributed by atoms with Gasteiger partial charge in [-0.3, -0.25) is 0 Å². The van der Waals surface area contributed by atoms with E-state index in [4.69, 9.17) is 9.84 Å². The number of nitrogens with one attached hydrogen (secondary N) is 2. The topological polar surface area (TPSA) is 70.6 Å². The fraction of sp³-hybridized carbons (Fsp3) is 0.562. The number of anilines is 1. The Hall–Kier alpha value is -1.82. The van der Waals surface area contributed by atoms with Crippen LogP contribution in [-0.2, 0) is 0 Å². The van der Waals surface area contributed by atoms with Gasteiger partial charge in [-0.25, -0.2) is 9.18 Å². The van der Waals surface area contributed by atoms with Gasteiger partial charge in [-0.15, -0.1) is 0 Å². The summed E-state index contributed by atoms with van der Waals surface area (Å²) >= 11 is 0. The van der Waals surface area contributed by atoms with Crippen LogP contribution in [-0.4, -0.2) is 29.9 Å². The molecular formula is C16H25FN2O3. The second-order valence-electron chi connectivity index (χ2n) is 5.77. The molecule has 3 N–H and O–H groups in total. The van der Waals surface area contributed by atoms with Crippen LogP contribution in [0.2, 0.25) is 0 Å². The van der Waals surface area contributed by atoms with E-state index >= 15 is 0 Å². The first-order chi connectivity index (χ1) is 10.3. The maximum atomic E-state index is 13.9. The molecule has 0 heterocycles. The molecule has 1 rings (SSSR count). The Morgan fingerprint density at radius 3 is 2.50 bits per heavy atom. The molecule has 0 fully saturated rings. The summed E-state index contributed by atoms with van der Waals surface area (Å²) in [5.41, 5.74) is 0.0834. The van der Waals surface area contributed by atoms with Gasteiger partial charge >= 0.3 is 6.03 Å². The highest BCUT2D eigenvalue weighted by Crippen LogP contribution is 2.21. The third kappa shape index (κ3) is 5.89. The summed E-state index contributed by atoms with van der Waals surface area (Å²) in [4.78, 5) is 11.9. The van der Waals surface area contributed by atoms with Gasteiger partial charge in [-0.2, -0.15) is 0 Å². The van der Waals surface area contributed by atoms with E-state index in [1.807, 2.05) is 27.7 Å². The Kier molecular flexibility index (Phi) is 7.11. The number of rotatable bonds is 7. The van der Waals surface area contributed by atoms with E-state index in [1.54, 1.807) is 6.07 Å². The normalized spacial score (nSPS) is 12.4. The number of ether oxygens (including phenoxy) is 1. The molecule has 0 aliphatic carbocycles. The highest BCUT2D eigenvalue weighted by atomic mass is 19.1. The van der Waals surface area contributed by atoms with E-state index in [9.17, 15) is 9.18 Å². The summed E-state index contributed by atoms with van der Waals surface area (Å²) in [5, 5.41) is 14.2. The smallest absolute Gasteiger partial charge is 0.319 e. The van der Waals surface area contributed by atoms with Gasteiger partial charge in [0.25, 0.3) is 0 Å². The fourth-order valence-electron chi connectivity index (χ4n) is 1.98. The number of carbonyl (C=O) groups excluding carboxylic acids is 1. The Labute approximate surface area is 130 Å². The molecule has 0 spiro atoms. The van der Waals surface area contributed by atoms with Crippen LogP contribution >= 0.6 is 0 Å². The monoisotopic (exact) mass is 312 g/mol. The number of aliphatic hydroxyl groups excluding tert-OH is 1. The van der Waals surface area contributed by atoms with Crippen LogP contribution in [0.25, 0.3) is 0 Å². The van der Waals surface area contributed by atoms with Gasteiger partial charge in [-0.05, 0) is 38.3 Å². The highest BCUT2D eigenvalue weighted by molar-refractivity contribution is 5.89. The number of benzene rings is 1. The van der Waals surface area contributed by atoms with Gasteiger partial charge < -0.3 is 20.5 Å². The summed E-state index contributed by atoms with van der Waals surface area (Å²) in [6, 6.07) is 3.64. The zero-order chi connectivity index (χ0) is 16.7. The summed E-state index contributed by atoms with van der Waals surface area (Å²) in [6.07, 6.45) is 0.404. The molecule has 0 saturated heterocycles. The van der Waals surface area contributed by atoms with Gasteiger partial charge in [0.2, 0.25) is 0 Å². The third-order valence-electron chi connectivity index (χ3n) is 3.12. The maximum absolute atomic E-state index is 13.9. The highest BCUT2D eigenvalue weighted by Gasteiger charge is 2.16. The van der Waals surface area contributed by atoms with E-state index in [0.717, 1.165) is 0 Å². The lowest BCUT2D eigenvalue weighted by atomic mass is 10.0. The molecule has 0 saturated carbocycles. The number of amides is 2. The summed E-state index contributed by atoms with van der Waals surface area (Å²) in [7, 11) is 0. The zero-order valence-electron chi connectivity index (χ0n) is 13.5. The predicted octanol–water partition coefficient (Wildman–Crippen LogP) is 3.14. The third-order valence-corrected chi connectivity index (χ3v) is 3.12. The number of halogens is 1. The molecule has 0 aromatic heterocycles. The number of hydrogen-bond acceptors (Lipinski definition) is 3. The molecule has 0 radical (unpaired) electrons. The molecular weight excluding hydrogens is 287 g/mol. The lowest BCUT2D eigenvalue weighted by molar-refractivity contribution is 0.227. The van der Waals surface area contributed by atoms with Crippen LogP contribution in [0.3, 0.4) is 0 Å². The molecule has 1 atom stereocenters. The van der Waals surface area contributed by atoms with Crippen molar-refractivity contribution in [2.45, 2.75) is 46.3 Å². The van der Waals surface area contributed by atoms with Crippen molar-refractivity contribution >= 4 is 11.7 Å². The van der Waals surface area contributed by atoms with Crippen LogP contribution in [0.5, 0.6) is 5.75 Å². The first kappa shape index (κ1) is 18.2. The van der Waals surface area contributed by atoms with E-state index in [2.05, 4.69) is 10.6 Å². The van der Waals surface area contributed by atoms with Crippen molar-refractivity contribution in [3.63, 3.8) is 0 Å². The van der Waals surface area contributed by atoms with Crippen LogP contribution in [0, 0.1) is 11.7 Å². The average Bonchev–Trinajstić information content (AvgIpc) is 2.40. The van der Waals surface area contributed by atoms with E-state index in [1.165, 1.54) is 12.1 Å². The zero-order valence-corrected chi connectivity index (χ0v) is 13.5. The molecule has 1 aromatic carbocycles. The van der Waals surface area contributed by atoms with Crippen molar-refractivity contribution in [1.82, 2.24) is 5.32 Å². The summed E-state index contributed by atoms with van der Waals surface area (Å²) < 4.78 is 19.3. The second kappa shape index (κ2) is 8.58. The van der Waals surface area contributed by atoms with Crippen LogP contribution < -0.4 is 15.4 Å². The van der Waals surface area contributed by atoms with Gasteiger partial charge in [0, 0.05) is 18.7 Å². The molecule has 5 nitrogen and oxygen atoms in total. The summed E-state index contributed by atoms with van der Waals surface area (Å²) in [6.45, 7) is 7.58. The van der Waals surface area contributed by atoms with Crippen molar-refractivity contribution in [1.29, 1.82) is 0 Å². The quantitative estimate of drug-likeness (QED) is 0.724. The van der Waals surface area contributed by atoms with Gasteiger partial charge in [0.1, 0.15) is 11.6 Å². The van der Waals surface area contributed by atoms with Crippen molar-refractivity contribution in [3.8, 4) is 5.75 Å². The fourth-order valence-corrected chi connectivity index (χ4v) is 1.98. The Morgan fingerprint density at radius 1 is 1.32 bits per heavy atom. The molecule has 6 heteroatoms. The SMILES string of the molecule is CC(C)Oc1ccc(NC(=O)NC(CCO)C(C)C)c(F)c1. The number of urea groups is 1. The van der Waals surface area contributed by atoms with Gasteiger partial charge in [0.15, 0.2) is 0 Å². The molecule has 0 bridgehead atoms. The number of hydrogen-bond donors (Lipinski definition) is 3. The Bertz CT molecular complexity index is 492. The van der Waals surface area contributed by atoms with Crippen molar-refractivity contribution in [3.05, 3.63) is 24.0 Å². The average molecular weight is 312 g/mol. The maximum Gasteiger partial charge on any atom is 0.319 e. The largest absolute Gasteiger partial charge is 0.491 e. The summed E-state index contributed by atoms with van der Waals surface area (Å²) in [5.74, 6) is 0.0277. The van der Waals surface area contributed by atoms with E-state index < -0.39 is 11.8 Å². The first-order valence-corrected chi connectivity index (χ1v) is 7.48. The van der Waals surface area contributed by atoms with Crippen LogP contribution in [0.1, 0.15) is 34.1 Å². The van der Waals surface area contributed by atoms with Crippen molar-refractivity contribution < 1.29 is 19.0 Å².